The van der Waals surface area contributed by atoms with Gasteiger partial charge in [-0.05, 0) is 24.3 Å². The molecule has 0 heterocycles. The lowest BCUT2D eigenvalue weighted by Gasteiger charge is -2.13. The lowest BCUT2D eigenvalue weighted by atomic mass is 10.2. The molecule has 0 aliphatic carbocycles. The second-order valence-corrected chi connectivity index (χ2v) is 7.23. The predicted molar refractivity (Wildman–Crippen MR) is 90.2 cm³/mol. The van der Waals surface area contributed by atoms with Crippen LogP contribution in [0.1, 0.15) is 5.56 Å². The summed E-state index contributed by atoms with van der Waals surface area (Å²) in [6, 6.07) is 5.63. The van der Waals surface area contributed by atoms with E-state index in [2.05, 4.69) is 5.32 Å². The van der Waals surface area contributed by atoms with Crippen LogP contribution in [0.15, 0.2) is 36.4 Å². The molecule has 0 radical (unpaired) electrons. The Balaban J connectivity index is 2.31. The van der Waals surface area contributed by atoms with Crippen molar-refractivity contribution in [2.75, 3.05) is 11.6 Å². The number of ether oxygens (including phenoxy) is 1. The molecule has 0 amide bonds. The smallest absolute Gasteiger partial charge is 0.416 e. The van der Waals surface area contributed by atoms with Gasteiger partial charge in [-0.2, -0.15) is 13.2 Å². The van der Waals surface area contributed by atoms with E-state index in [-0.39, 0.29) is 22.2 Å². The minimum atomic E-state index is -4.59. The average Bonchev–Trinajstić information content (AvgIpc) is 2.53. The van der Waals surface area contributed by atoms with E-state index in [1.807, 2.05) is 0 Å². The van der Waals surface area contributed by atoms with E-state index < -0.39 is 36.2 Å². The molecule has 0 bridgehead atoms. The summed E-state index contributed by atoms with van der Waals surface area (Å²) < 4.78 is 54.2. The summed E-state index contributed by atoms with van der Waals surface area (Å²) in [5.41, 5.74) is -1.70. The molecule has 0 aliphatic rings. The SMILES string of the molecule is O=[N+]([O-])c1ccc(Oc2ccc(C(F)(F)F)cc2Cl)cc1NCP(=O)(O)O. The molecule has 0 atom stereocenters. The van der Waals surface area contributed by atoms with Crippen LogP contribution in [-0.2, 0) is 10.7 Å². The largest absolute Gasteiger partial charge is 0.456 e. The van der Waals surface area contributed by atoms with E-state index in [0.29, 0.717) is 6.07 Å². The van der Waals surface area contributed by atoms with E-state index >= 15 is 0 Å². The summed E-state index contributed by atoms with van der Waals surface area (Å²) in [5, 5.41) is 12.9. The zero-order valence-electron chi connectivity index (χ0n) is 13.1. The standard InChI is InChI=1S/C14H11ClF3N2O6P/c15-10-5-8(14(16,17)18)1-4-13(10)26-9-2-3-12(20(21)22)11(6-9)19-7-27(23,24)25/h1-6,19H,7H2,(H2,23,24,25). The maximum Gasteiger partial charge on any atom is 0.416 e. The molecule has 0 aliphatic heterocycles. The third-order valence-electron chi connectivity index (χ3n) is 3.13. The lowest BCUT2D eigenvalue weighted by Crippen LogP contribution is -2.05. The number of nitro groups is 1. The third kappa shape index (κ3) is 5.83. The number of nitrogens with zero attached hydrogens (tertiary/aromatic N) is 1. The quantitative estimate of drug-likeness (QED) is 0.350. The van der Waals surface area contributed by atoms with Crippen molar-refractivity contribution in [3.63, 3.8) is 0 Å². The molecular formula is C14H11ClF3N2O6P. The van der Waals surface area contributed by atoms with Crippen LogP contribution in [0.25, 0.3) is 0 Å². The summed E-state index contributed by atoms with van der Waals surface area (Å²) in [6.45, 7) is 0. The van der Waals surface area contributed by atoms with Crippen LogP contribution < -0.4 is 10.1 Å². The number of halogens is 4. The van der Waals surface area contributed by atoms with Crippen molar-refractivity contribution in [3.8, 4) is 11.5 Å². The van der Waals surface area contributed by atoms with Gasteiger partial charge in [0.2, 0.25) is 0 Å². The molecular weight excluding hydrogens is 416 g/mol. The number of hydrogen-bond donors (Lipinski definition) is 3. The number of alkyl halides is 3. The highest BCUT2D eigenvalue weighted by molar-refractivity contribution is 7.51. The molecule has 2 aromatic rings. The first kappa shape index (κ1) is 21.0. The van der Waals surface area contributed by atoms with E-state index in [1.165, 1.54) is 0 Å². The van der Waals surface area contributed by atoms with Gasteiger partial charge in [-0.3, -0.25) is 14.7 Å². The molecule has 0 spiro atoms. The first-order valence-corrected chi connectivity index (χ1v) is 9.16. The van der Waals surface area contributed by atoms with Crippen molar-refractivity contribution in [1.82, 2.24) is 0 Å². The minimum absolute atomic E-state index is 0.0459. The van der Waals surface area contributed by atoms with Gasteiger partial charge in [0, 0.05) is 12.1 Å². The second kappa shape index (κ2) is 7.73. The second-order valence-electron chi connectivity index (χ2n) is 5.18. The number of nitrogens with one attached hydrogen (secondary N) is 1. The Morgan fingerprint density at radius 3 is 2.41 bits per heavy atom. The average molecular weight is 427 g/mol. The van der Waals surface area contributed by atoms with Crippen LogP contribution in [-0.4, -0.2) is 21.0 Å². The fourth-order valence-electron chi connectivity index (χ4n) is 1.95. The van der Waals surface area contributed by atoms with E-state index in [0.717, 1.165) is 30.3 Å². The van der Waals surface area contributed by atoms with Gasteiger partial charge >= 0.3 is 13.8 Å². The highest BCUT2D eigenvalue weighted by Gasteiger charge is 2.31. The lowest BCUT2D eigenvalue weighted by molar-refractivity contribution is -0.384. The molecule has 0 fully saturated rings. The van der Waals surface area contributed by atoms with Crippen molar-refractivity contribution < 1.29 is 37.2 Å². The summed E-state index contributed by atoms with van der Waals surface area (Å²) in [7, 11) is -4.49. The van der Waals surface area contributed by atoms with E-state index in [4.69, 9.17) is 26.1 Å². The molecule has 2 aromatic carbocycles. The van der Waals surface area contributed by atoms with Gasteiger partial charge in [-0.1, -0.05) is 11.6 Å². The molecule has 8 nitrogen and oxygen atoms in total. The maximum atomic E-state index is 12.6. The summed E-state index contributed by atoms with van der Waals surface area (Å²) in [4.78, 5) is 28.0. The van der Waals surface area contributed by atoms with Gasteiger partial charge in [0.05, 0.1) is 15.5 Å². The van der Waals surface area contributed by atoms with E-state index in [9.17, 15) is 27.9 Å². The Morgan fingerprint density at radius 1 is 1.22 bits per heavy atom. The molecule has 2 rings (SSSR count). The highest BCUT2D eigenvalue weighted by atomic mass is 35.5. The monoisotopic (exact) mass is 426 g/mol. The normalized spacial score (nSPS) is 11.9. The predicted octanol–water partition coefficient (Wildman–Crippen LogP) is 4.61. The van der Waals surface area contributed by atoms with Crippen LogP contribution in [0.5, 0.6) is 11.5 Å². The summed E-state index contributed by atoms with van der Waals surface area (Å²) >= 11 is 5.78. The molecule has 0 unspecified atom stereocenters. The fraction of sp³-hybridized carbons (Fsp3) is 0.143. The number of benzene rings is 2. The van der Waals surface area contributed by atoms with Gasteiger partial charge in [-0.15, -0.1) is 0 Å². The van der Waals surface area contributed by atoms with Crippen LogP contribution in [0.4, 0.5) is 24.5 Å². The maximum absolute atomic E-state index is 12.6. The van der Waals surface area contributed by atoms with Gasteiger partial charge < -0.3 is 19.8 Å². The minimum Gasteiger partial charge on any atom is -0.456 e. The summed E-state index contributed by atoms with van der Waals surface area (Å²) in [6.07, 6.45) is -5.45. The van der Waals surface area contributed by atoms with Crippen molar-refractivity contribution in [1.29, 1.82) is 0 Å². The zero-order chi connectivity index (χ0) is 20.4. The number of nitro benzene ring substituents is 1. The Bertz CT molecular complexity index is 918. The third-order valence-corrected chi connectivity index (χ3v) is 3.99. The van der Waals surface area contributed by atoms with Crippen LogP contribution in [0, 0.1) is 10.1 Å². The number of hydrogen-bond acceptors (Lipinski definition) is 5. The van der Waals surface area contributed by atoms with Crippen LogP contribution in [0.2, 0.25) is 5.02 Å². The Labute approximate surface area is 154 Å². The highest BCUT2D eigenvalue weighted by Crippen LogP contribution is 2.39. The molecule has 27 heavy (non-hydrogen) atoms. The molecule has 0 aromatic heterocycles. The van der Waals surface area contributed by atoms with Crippen LogP contribution >= 0.6 is 19.2 Å². The van der Waals surface area contributed by atoms with Gasteiger partial charge in [0.25, 0.3) is 5.69 Å². The van der Waals surface area contributed by atoms with E-state index in [1.54, 1.807) is 0 Å². The van der Waals surface area contributed by atoms with Crippen molar-refractivity contribution in [2.24, 2.45) is 0 Å². The van der Waals surface area contributed by atoms with Crippen LogP contribution in [0.3, 0.4) is 0 Å². The van der Waals surface area contributed by atoms with Gasteiger partial charge in [0.1, 0.15) is 23.5 Å². The first-order valence-electron chi connectivity index (χ1n) is 6.98. The first-order chi connectivity index (χ1) is 12.4. The Hall–Kier alpha value is -2.33. The summed E-state index contributed by atoms with van der Waals surface area (Å²) in [5.74, 6) is -0.185. The number of rotatable bonds is 6. The Kier molecular flexibility index (Phi) is 6.01. The molecule has 13 heteroatoms. The number of anilines is 1. The topological polar surface area (TPSA) is 122 Å². The fourth-order valence-corrected chi connectivity index (χ4v) is 2.55. The van der Waals surface area contributed by atoms with Crippen molar-refractivity contribution in [3.05, 3.63) is 57.1 Å². The molecule has 0 saturated heterocycles. The van der Waals surface area contributed by atoms with Gasteiger partial charge in [-0.25, -0.2) is 0 Å². The Morgan fingerprint density at radius 2 is 1.89 bits per heavy atom. The van der Waals surface area contributed by atoms with Gasteiger partial charge in [0.15, 0.2) is 0 Å². The van der Waals surface area contributed by atoms with Crippen molar-refractivity contribution >= 4 is 30.6 Å². The zero-order valence-corrected chi connectivity index (χ0v) is 14.8. The molecule has 0 saturated carbocycles. The van der Waals surface area contributed by atoms with Crippen molar-refractivity contribution in [2.45, 2.75) is 6.18 Å². The molecule has 3 N–H and O–H groups in total. The molecule has 146 valence electrons.